The molecule has 0 unspecified atom stereocenters. The van der Waals surface area contributed by atoms with Crippen LogP contribution in [0.4, 0.5) is 5.69 Å². The molecule has 9 nitrogen and oxygen atoms in total. The Labute approximate surface area is 196 Å². The van der Waals surface area contributed by atoms with Crippen LogP contribution in [0.25, 0.3) is 0 Å². The van der Waals surface area contributed by atoms with Crippen molar-refractivity contribution in [3.05, 3.63) is 99.6 Å². The summed E-state index contributed by atoms with van der Waals surface area (Å²) in [7, 11) is 2.96. The van der Waals surface area contributed by atoms with E-state index in [1.165, 1.54) is 44.6 Å². The summed E-state index contributed by atoms with van der Waals surface area (Å²) in [5, 5.41) is 13.5. The number of esters is 1. The first-order valence-electron chi connectivity index (χ1n) is 10.4. The van der Waals surface area contributed by atoms with Crippen molar-refractivity contribution in [2.24, 2.45) is 0 Å². The number of rotatable bonds is 10. The monoisotopic (exact) mass is 464 g/mol. The number of non-ortho nitro benzene ring substituents is 1. The smallest absolute Gasteiger partial charge is 0.329 e. The topological polar surface area (TPSA) is 117 Å². The molecule has 1 atom stereocenters. The summed E-state index contributed by atoms with van der Waals surface area (Å²) in [6.07, 6.45) is 0.221. The Kier molecular flexibility index (Phi) is 8.17. The highest BCUT2D eigenvalue weighted by Gasteiger charge is 2.24. The fraction of sp³-hybridized carbons (Fsp3) is 0.200. The van der Waals surface area contributed by atoms with Crippen LogP contribution in [0.1, 0.15) is 21.5 Å². The second-order valence-electron chi connectivity index (χ2n) is 7.32. The number of carbonyl (C=O) groups is 2. The van der Waals surface area contributed by atoms with E-state index in [0.29, 0.717) is 22.6 Å². The van der Waals surface area contributed by atoms with Crippen molar-refractivity contribution in [1.29, 1.82) is 0 Å². The van der Waals surface area contributed by atoms with Gasteiger partial charge in [-0.05, 0) is 41.5 Å². The molecule has 0 saturated heterocycles. The zero-order valence-corrected chi connectivity index (χ0v) is 18.7. The Balaban J connectivity index is 1.74. The van der Waals surface area contributed by atoms with Crippen molar-refractivity contribution < 1.29 is 28.7 Å². The van der Waals surface area contributed by atoms with Gasteiger partial charge in [-0.3, -0.25) is 14.9 Å². The van der Waals surface area contributed by atoms with Crippen molar-refractivity contribution in [3.63, 3.8) is 0 Å². The Morgan fingerprint density at radius 3 is 2.21 bits per heavy atom. The maximum absolute atomic E-state index is 12.9. The zero-order valence-electron chi connectivity index (χ0n) is 18.7. The number of carbonyl (C=O) groups excluding carboxylic acids is 2. The summed E-state index contributed by atoms with van der Waals surface area (Å²) in [6.45, 7) is -0.0889. The number of nitro groups is 1. The molecule has 0 bridgehead atoms. The zero-order chi connectivity index (χ0) is 24.5. The summed E-state index contributed by atoms with van der Waals surface area (Å²) < 4.78 is 15.9. The Morgan fingerprint density at radius 2 is 1.59 bits per heavy atom. The van der Waals surface area contributed by atoms with Gasteiger partial charge in [-0.25, -0.2) is 4.79 Å². The van der Waals surface area contributed by atoms with Gasteiger partial charge in [0, 0.05) is 24.1 Å². The van der Waals surface area contributed by atoms with Gasteiger partial charge in [0.2, 0.25) is 0 Å². The Hall–Kier alpha value is -4.40. The van der Waals surface area contributed by atoms with Crippen molar-refractivity contribution in [2.75, 3.05) is 14.2 Å². The average Bonchev–Trinajstić information content (AvgIpc) is 2.87. The number of nitro benzene ring substituents is 1. The lowest BCUT2D eigenvalue weighted by molar-refractivity contribution is -0.384. The lowest BCUT2D eigenvalue weighted by Gasteiger charge is -2.18. The van der Waals surface area contributed by atoms with Crippen LogP contribution in [0.5, 0.6) is 11.5 Å². The molecule has 3 rings (SSSR count). The fourth-order valence-corrected chi connectivity index (χ4v) is 3.23. The molecule has 34 heavy (non-hydrogen) atoms. The van der Waals surface area contributed by atoms with E-state index in [4.69, 9.17) is 14.2 Å². The van der Waals surface area contributed by atoms with Gasteiger partial charge >= 0.3 is 5.97 Å². The van der Waals surface area contributed by atoms with Crippen LogP contribution in [0.15, 0.2) is 72.8 Å². The van der Waals surface area contributed by atoms with Gasteiger partial charge in [-0.1, -0.05) is 30.3 Å². The summed E-state index contributed by atoms with van der Waals surface area (Å²) in [5.74, 6) is -0.247. The van der Waals surface area contributed by atoms with Crippen molar-refractivity contribution in [2.45, 2.75) is 19.1 Å². The molecular formula is C25H24N2O7. The molecule has 0 aliphatic carbocycles. The second-order valence-corrected chi connectivity index (χ2v) is 7.32. The SMILES string of the molecule is COc1ccc(C(=O)N[C@H](Cc2ccccc2)C(=O)OCc2ccc([N+](=O)[O-])cc2)cc1OC. The van der Waals surface area contributed by atoms with E-state index in [0.717, 1.165) is 5.56 Å². The molecule has 0 heterocycles. The van der Waals surface area contributed by atoms with Crippen LogP contribution in [-0.2, 0) is 22.6 Å². The molecule has 3 aromatic carbocycles. The number of hydrogen-bond donors (Lipinski definition) is 1. The molecular weight excluding hydrogens is 440 g/mol. The van der Waals surface area contributed by atoms with Gasteiger partial charge in [-0.15, -0.1) is 0 Å². The fourth-order valence-electron chi connectivity index (χ4n) is 3.23. The number of amides is 1. The summed E-state index contributed by atoms with van der Waals surface area (Å²) in [5.41, 5.74) is 1.66. The maximum Gasteiger partial charge on any atom is 0.329 e. The van der Waals surface area contributed by atoms with Gasteiger partial charge in [0.25, 0.3) is 11.6 Å². The highest BCUT2D eigenvalue weighted by Crippen LogP contribution is 2.27. The molecule has 0 fully saturated rings. The second kappa shape index (κ2) is 11.5. The molecule has 0 saturated carbocycles. The molecule has 0 radical (unpaired) electrons. The third-order valence-electron chi connectivity index (χ3n) is 5.05. The van der Waals surface area contributed by atoms with Crippen molar-refractivity contribution in [1.82, 2.24) is 5.32 Å². The lowest BCUT2D eigenvalue weighted by Crippen LogP contribution is -2.43. The predicted molar refractivity (Wildman–Crippen MR) is 124 cm³/mol. The molecule has 0 aromatic heterocycles. The summed E-state index contributed by atoms with van der Waals surface area (Å²) in [4.78, 5) is 36.1. The minimum atomic E-state index is -0.957. The van der Waals surface area contributed by atoms with Crippen LogP contribution >= 0.6 is 0 Å². The van der Waals surface area contributed by atoms with E-state index in [1.807, 2.05) is 30.3 Å². The Bertz CT molecular complexity index is 1150. The van der Waals surface area contributed by atoms with Gasteiger partial charge in [0.1, 0.15) is 12.6 Å². The first-order chi connectivity index (χ1) is 16.4. The number of hydrogen-bond acceptors (Lipinski definition) is 7. The number of nitrogens with zero attached hydrogens (tertiary/aromatic N) is 1. The first kappa shape index (κ1) is 24.2. The number of nitrogens with one attached hydrogen (secondary N) is 1. The Morgan fingerprint density at radius 1 is 0.912 bits per heavy atom. The van der Waals surface area contributed by atoms with Crippen LogP contribution in [-0.4, -0.2) is 37.1 Å². The van der Waals surface area contributed by atoms with E-state index in [2.05, 4.69) is 5.32 Å². The average molecular weight is 464 g/mol. The number of ether oxygens (including phenoxy) is 3. The van der Waals surface area contributed by atoms with Gasteiger partial charge < -0.3 is 19.5 Å². The quantitative estimate of drug-likeness (QED) is 0.276. The largest absolute Gasteiger partial charge is 0.493 e. The summed E-state index contributed by atoms with van der Waals surface area (Å²) >= 11 is 0. The van der Waals surface area contributed by atoms with E-state index >= 15 is 0 Å². The third-order valence-corrected chi connectivity index (χ3v) is 5.05. The molecule has 9 heteroatoms. The van der Waals surface area contributed by atoms with Crippen molar-refractivity contribution >= 4 is 17.6 Å². The maximum atomic E-state index is 12.9. The van der Waals surface area contributed by atoms with E-state index < -0.39 is 22.8 Å². The molecule has 0 aliphatic rings. The summed E-state index contributed by atoms with van der Waals surface area (Å²) in [6, 6.07) is 18.7. The first-order valence-corrected chi connectivity index (χ1v) is 10.4. The van der Waals surface area contributed by atoms with Gasteiger partial charge in [-0.2, -0.15) is 0 Å². The standard InChI is InChI=1S/C25H24N2O7/c1-32-22-13-10-19(15-23(22)33-2)24(28)26-21(14-17-6-4-3-5-7-17)25(29)34-16-18-8-11-20(12-9-18)27(30)31/h3-13,15,21H,14,16H2,1-2H3,(H,26,28)/t21-/m1/s1. The van der Waals surface area contributed by atoms with Crippen LogP contribution in [0.3, 0.4) is 0 Å². The molecule has 1 N–H and O–H groups in total. The molecule has 3 aromatic rings. The van der Waals surface area contributed by atoms with E-state index in [1.54, 1.807) is 12.1 Å². The highest BCUT2D eigenvalue weighted by molar-refractivity contribution is 5.97. The highest BCUT2D eigenvalue weighted by atomic mass is 16.6. The van der Waals surface area contributed by atoms with Gasteiger partial charge in [0.15, 0.2) is 11.5 Å². The van der Waals surface area contributed by atoms with E-state index in [-0.39, 0.29) is 18.7 Å². The normalized spacial score (nSPS) is 11.2. The molecule has 176 valence electrons. The van der Waals surface area contributed by atoms with Crippen LogP contribution in [0, 0.1) is 10.1 Å². The minimum absolute atomic E-state index is 0.0563. The van der Waals surface area contributed by atoms with Crippen LogP contribution < -0.4 is 14.8 Å². The van der Waals surface area contributed by atoms with E-state index in [9.17, 15) is 19.7 Å². The predicted octanol–water partition coefficient (Wildman–Crippen LogP) is 3.70. The van der Waals surface area contributed by atoms with Crippen LogP contribution in [0.2, 0.25) is 0 Å². The molecule has 0 spiro atoms. The van der Waals surface area contributed by atoms with Crippen molar-refractivity contribution in [3.8, 4) is 11.5 Å². The third kappa shape index (κ3) is 6.32. The minimum Gasteiger partial charge on any atom is -0.493 e. The number of benzene rings is 3. The lowest BCUT2D eigenvalue weighted by atomic mass is 10.1. The van der Waals surface area contributed by atoms with Gasteiger partial charge in [0.05, 0.1) is 19.1 Å². The number of methoxy groups -OCH3 is 2. The molecule has 1 amide bonds. The molecule has 0 aliphatic heterocycles.